The standard InChI is InChI=1S/C17H17ClN6/c1-22-10-12(11-23(22)2)15-9-20-17-16(19-7-8-24(15)17)21-14-6-4-3-5-13(14)18/h3-10H,11H2,1-2H3,(H,19,21). The normalized spacial score (nSPS) is 15.1. The van der Waals surface area contributed by atoms with Crippen LogP contribution in [0.3, 0.4) is 0 Å². The Balaban J connectivity index is 1.75. The molecule has 0 amide bonds. The molecular weight excluding hydrogens is 324 g/mol. The van der Waals surface area contributed by atoms with Crippen LogP contribution in [0.4, 0.5) is 11.5 Å². The number of anilines is 2. The van der Waals surface area contributed by atoms with Gasteiger partial charge in [-0.05, 0) is 12.1 Å². The van der Waals surface area contributed by atoms with Gasteiger partial charge in [0.2, 0.25) is 0 Å². The summed E-state index contributed by atoms with van der Waals surface area (Å²) in [4.78, 5) is 8.98. The summed E-state index contributed by atoms with van der Waals surface area (Å²) in [5, 5.41) is 8.12. The Morgan fingerprint density at radius 1 is 1.17 bits per heavy atom. The van der Waals surface area contributed by atoms with Gasteiger partial charge in [0.25, 0.3) is 0 Å². The lowest BCUT2D eigenvalue weighted by Crippen LogP contribution is -2.27. The van der Waals surface area contributed by atoms with Gasteiger partial charge >= 0.3 is 0 Å². The van der Waals surface area contributed by atoms with Crippen LogP contribution < -0.4 is 5.32 Å². The highest BCUT2D eigenvalue weighted by Gasteiger charge is 2.20. The van der Waals surface area contributed by atoms with E-state index in [4.69, 9.17) is 11.6 Å². The highest BCUT2D eigenvalue weighted by atomic mass is 35.5. The van der Waals surface area contributed by atoms with Crippen LogP contribution in [0, 0.1) is 0 Å². The van der Waals surface area contributed by atoms with Crippen LogP contribution in [-0.2, 0) is 0 Å². The van der Waals surface area contributed by atoms with E-state index in [-0.39, 0.29) is 0 Å². The van der Waals surface area contributed by atoms with Gasteiger partial charge < -0.3 is 10.3 Å². The fourth-order valence-corrected chi connectivity index (χ4v) is 2.99. The Labute approximate surface area is 145 Å². The number of nitrogens with zero attached hydrogens (tertiary/aromatic N) is 5. The van der Waals surface area contributed by atoms with E-state index in [1.54, 1.807) is 6.20 Å². The smallest absolute Gasteiger partial charge is 0.180 e. The minimum absolute atomic E-state index is 0.648. The number of nitrogens with one attached hydrogen (secondary N) is 1. The van der Waals surface area contributed by atoms with Crippen LogP contribution in [0.25, 0.3) is 11.2 Å². The number of hydrogen-bond acceptors (Lipinski definition) is 5. The van der Waals surface area contributed by atoms with Crippen LogP contribution in [0.15, 0.2) is 49.1 Å². The topological polar surface area (TPSA) is 48.7 Å². The van der Waals surface area contributed by atoms with Crippen molar-refractivity contribution in [1.82, 2.24) is 24.4 Å². The molecule has 0 radical (unpaired) electrons. The average Bonchev–Trinajstić information content (AvgIpc) is 3.14. The molecule has 1 N–H and O–H groups in total. The third-order valence-corrected chi connectivity index (χ3v) is 4.49. The highest BCUT2D eigenvalue weighted by Crippen LogP contribution is 2.28. The Morgan fingerprint density at radius 2 is 2.00 bits per heavy atom. The van der Waals surface area contributed by atoms with Gasteiger partial charge in [-0.15, -0.1) is 0 Å². The number of para-hydroxylation sites is 1. The van der Waals surface area contributed by atoms with Crippen LogP contribution >= 0.6 is 11.6 Å². The van der Waals surface area contributed by atoms with Crippen molar-refractivity contribution in [3.05, 3.63) is 59.8 Å². The maximum atomic E-state index is 6.23. The molecule has 1 aliphatic rings. The summed E-state index contributed by atoms with van der Waals surface area (Å²) >= 11 is 6.23. The van der Waals surface area contributed by atoms with Gasteiger partial charge in [0.05, 0.1) is 22.6 Å². The lowest BCUT2D eigenvalue weighted by atomic mass is 10.2. The molecular formula is C17H17ClN6. The second-order valence-electron chi connectivity index (χ2n) is 5.76. The van der Waals surface area contributed by atoms with Gasteiger partial charge in [0, 0.05) is 44.8 Å². The van der Waals surface area contributed by atoms with E-state index in [9.17, 15) is 0 Å². The first-order chi connectivity index (χ1) is 11.6. The second-order valence-corrected chi connectivity index (χ2v) is 6.17. The van der Waals surface area contributed by atoms with Crippen LogP contribution in [0.2, 0.25) is 5.02 Å². The van der Waals surface area contributed by atoms with E-state index in [0.717, 1.165) is 23.6 Å². The third-order valence-electron chi connectivity index (χ3n) is 4.16. The Kier molecular flexibility index (Phi) is 3.63. The van der Waals surface area contributed by atoms with E-state index < -0.39 is 0 Å². The first-order valence-electron chi connectivity index (χ1n) is 7.62. The molecule has 4 rings (SSSR count). The van der Waals surface area contributed by atoms with Crippen LogP contribution in [0.1, 0.15) is 5.69 Å². The zero-order chi connectivity index (χ0) is 16.7. The quantitative estimate of drug-likeness (QED) is 0.793. The fraction of sp³-hybridized carbons (Fsp3) is 0.176. The average molecular weight is 341 g/mol. The van der Waals surface area contributed by atoms with Gasteiger partial charge in [0.1, 0.15) is 0 Å². The van der Waals surface area contributed by atoms with Crippen molar-refractivity contribution in [2.75, 3.05) is 26.0 Å². The van der Waals surface area contributed by atoms with Crippen molar-refractivity contribution in [3.63, 3.8) is 0 Å². The van der Waals surface area contributed by atoms with E-state index in [1.807, 2.05) is 48.1 Å². The molecule has 6 nitrogen and oxygen atoms in total. The molecule has 0 aliphatic carbocycles. The molecule has 0 spiro atoms. The number of fused-ring (bicyclic) bond motifs is 1. The molecule has 2 aromatic heterocycles. The summed E-state index contributed by atoms with van der Waals surface area (Å²) in [6, 6.07) is 7.59. The number of halogens is 1. The number of likely N-dealkylation sites (N-methyl/N-ethyl adjacent to an activating group) is 1. The fourth-order valence-electron chi connectivity index (χ4n) is 2.81. The minimum Gasteiger partial charge on any atom is -0.336 e. The Morgan fingerprint density at radius 3 is 2.75 bits per heavy atom. The minimum atomic E-state index is 0.648. The second kappa shape index (κ2) is 5.81. The van der Waals surface area contributed by atoms with Crippen LogP contribution in [0.5, 0.6) is 0 Å². The number of hydrazine groups is 1. The number of benzene rings is 1. The Hall–Kier alpha value is -2.57. The Bertz CT molecular complexity index is 932. The van der Waals surface area contributed by atoms with Crippen molar-refractivity contribution in [1.29, 1.82) is 0 Å². The van der Waals surface area contributed by atoms with Crippen molar-refractivity contribution in [2.24, 2.45) is 0 Å². The van der Waals surface area contributed by atoms with Gasteiger partial charge in [-0.3, -0.25) is 4.40 Å². The lowest BCUT2D eigenvalue weighted by molar-refractivity contribution is 0.118. The van der Waals surface area contributed by atoms with Crippen molar-refractivity contribution in [3.8, 4) is 0 Å². The molecule has 1 aliphatic heterocycles. The molecule has 1 aromatic carbocycles. The zero-order valence-corrected chi connectivity index (χ0v) is 14.2. The van der Waals surface area contributed by atoms with Gasteiger partial charge in [-0.2, -0.15) is 0 Å². The maximum absolute atomic E-state index is 6.23. The molecule has 0 saturated carbocycles. The van der Waals surface area contributed by atoms with Gasteiger partial charge in [-0.25, -0.2) is 15.0 Å². The molecule has 7 heteroatoms. The maximum Gasteiger partial charge on any atom is 0.180 e. The first kappa shape index (κ1) is 15.0. The van der Waals surface area contributed by atoms with E-state index in [2.05, 4.69) is 38.6 Å². The molecule has 0 unspecified atom stereocenters. The van der Waals surface area contributed by atoms with Gasteiger partial charge in [0.15, 0.2) is 11.5 Å². The monoisotopic (exact) mass is 340 g/mol. The summed E-state index contributed by atoms with van der Waals surface area (Å²) in [5.74, 6) is 0.678. The molecule has 0 atom stereocenters. The summed E-state index contributed by atoms with van der Waals surface area (Å²) in [5.41, 5.74) is 3.85. The molecule has 0 fully saturated rings. The molecule has 3 heterocycles. The van der Waals surface area contributed by atoms with Crippen molar-refractivity contribution in [2.45, 2.75) is 0 Å². The highest BCUT2D eigenvalue weighted by molar-refractivity contribution is 6.33. The summed E-state index contributed by atoms with van der Waals surface area (Å²) in [6.07, 6.45) is 7.69. The first-order valence-corrected chi connectivity index (χ1v) is 8.00. The number of rotatable bonds is 3. The van der Waals surface area contributed by atoms with Gasteiger partial charge in [-0.1, -0.05) is 23.7 Å². The summed E-state index contributed by atoms with van der Waals surface area (Å²) in [7, 11) is 4.08. The SMILES string of the molecule is CN1C=C(c2cnc3c(Nc4ccccc4Cl)nccn23)CN1C. The van der Waals surface area contributed by atoms with Crippen molar-refractivity contribution >= 4 is 34.3 Å². The third kappa shape index (κ3) is 2.50. The van der Waals surface area contributed by atoms with Crippen molar-refractivity contribution < 1.29 is 0 Å². The lowest BCUT2D eigenvalue weighted by Gasteiger charge is -2.18. The summed E-state index contributed by atoms with van der Waals surface area (Å²) < 4.78 is 2.05. The predicted molar refractivity (Wildman–Crippen MR) is 96.1 cm³/mol. The van der Waals surface area contributed by atoms with Crippen LogP contribution in [-0.4, -0.2) is 45.0 Å². The molecule has 24 heavy (non-hydrogen) atoms. The van der Waals surface area contributed by atoms with E-state index >= 15 is 0 Å². The van der Waals surface area contributed by atoms with E-state index in [0.29, 0.717) is 10.8 Å². The predicted octanol–water partition coefficient (Wildman–Crippen LogP) is 3.26. The van der Waals surface area contributed by atoms with E-state index in [1.165, 1.54) is 5.57 Å². The number of imidazole rings is 1. The molecule has 3 aromatic rings. The molecule has 122 valence electrons. The zero-order valence-electron chi connectivity index (χ0n) is 13.4. The number of hydrogen-bond donors (Lipinski definition) is 1. The molecule has 0 bridgehead atoms. The largest absolute Gasteiger partial charge is 0.336 e. The molecule has 0 saturated heterocycles. The number of aromatic nitrogens is 3. The summed E-state index contributed by atoms with van der Waals surface area (Å²) in [6.45, 7) is 0.847.